The van der Waals surface area contributed by atoms with Crippen molar-refractivity contribution in [2.24, 2.45) is 0 Å². The summed E-state index contributed by atoms with van der Waals surface area (Å²) in [6.07, 6.45) is 0. The lowest BCUT2D eigenvalue weighted by Crippen LogP contribution is -2.00. The molecule has 1 aromatic heterocycles. The molecule has 0 radical (unpaired) electrons. The summed E-state index contributed by atoms with van der Waals surface area (Å²) in [7, 11) is 1.21. The van der Waals surface area contributed by atoms with Crippen LogP contribution in [0.2, 0.25) is 0 Å². The Morgan fingerprint density at radius 2 is 2.11 bits per heavy atom. The molecule has 1 heterocycles. The summed E-state index contributed by atoms with van der Waals surface area (Å²) in [6.45, 7) is 0. The number of aromatic hydroxyl groups is 1. The van der Waals surface area contributed by atoms with Crippen LogP contribution in [0.3, 0.4) is 0 Å². The van der Waals surface area contributed by atoms with E-state index in [0.29, 0.717) is 0 Å². The Morgan fingerprint density at radius 1 is 1.39 bits per heavy atom. The van der Waals surface area contributed by atoms with Gasteiger partial charge in [0.1, 0.15) is 0 Å². The van der Waals surface area contributed by atoms with Crippen LogP contribution in [0.4, 0.5) is 0 Å². The van der Waals surface area contributed by atoms with E-state index in [0.717, 1.165) is 0 Å². The third-order valence-electron chi connectivity index (χ3n) is 2.28. The first-order chi connectivity index (χ1) is 8.63. The first kappa shape index (κ1) is 11.8. The molecule has 0 aliphatic rings. The molecule has 1 N–H and O–H groups in total. The first-order valence-electron chi connectivity index (χ1n) is 5.01. The van der Waals surface area contributed by atoms with Crippen LogP contribution in [0, 0.1) is 0 Å². The molecule has 6 heteroatoms. The topological polar surface area (TPSA) is 89.6 Å². The van der Waals surface area contributed by atoms with Crippen molar-refractivity contribution in [3.63, 3.8) is 0 Å². The molecule has 92 valence electrons. The standard InChI is InChI=1S/C12H9NO5/c1-17-12(16)8-6-10(18-13-8)7-4-2-3-5-9(14)11(7)15/h2-6H,1H3,(H,14,15). The zero-order chi connectivity index (χ0) is 13.1. The van der Waals surface area contributed by atoms with Crippen molar-refractivity contribution in [1.82, 2.24) is 5.16 Å². The van der Waals surface area contributed by atoms with E-state index in [1.807, 2.05) is 0 Å². The molecule has 1 aromatic carbocycles. The molecular weight excluding hydrogens is 238 g/mol. The van der Waals surface area contributed by atoms with Crippen LogP contribution in [0.15, 0.2) is 39.6 Å². The summed E-state index contributed by atoms with van der Waals surface area (Å²) in [5.74, 6) is -1.01. The molecule has 0 bridgehead atoms. The largest absolute Gasteiger partial charge is 0.504 e. The highest BCUT2D eigenvalue weighted by molar-refractivity contribution is 5.88. The van der Waals surface area contributed by atoms with Crippen molar-refractivity contribution in [3.05, 3.63) is 46.2 Å². The second-order valence-electron chi connectivity index (χ2n) is 3.41. The van der Waals surface area contributed by atoms with Gasteiger partial charge in [-0.2, -0.15) is 0 Å². The lowest BCUT2D eigenvalue weighted by atomic mass is 10.2. The maximum Gasteiger partial charge on any atom is 0.360 e. The normalized spacial score (nSPS) is 10.1. The van der Waals surface area contributed by atoms with E-state index in [4.69, 9.17) is 4.52 Å². The molecule has 18 heavy (non-hydrogen) atoms. The van der Waals surface area contributed by atoms with Crippen LogP contribution in [0.5, 0.6) is 5.75 Å². The zero-order valence-corrected chi connectivity index (χ0v) is 9.41. The molecule has 6 nitrogen and oxygen atoms in total. The second kappa shape index (κ2) is 4.70. The third-order valence-corrected chi connectivity index (χ3v) is 2.28. The Morgan fingerprint density at radius 3 is 2.83 bits per heavy atom. The molecule has 0 atom stereocenters. The minimum Gasteiger partial charge on any atom is -0.504 e. The molecule has 0 saturated carbocycles. The fourth-order valence-corrected chi connectivity index (χ4v) is 1.39. The number of esters is 1. The van der Waals surface area contributed by atoms with Gasteiger partial charge in [-0.05, 0) is 12.1 Å². The Labute approximate surface area is 101 Å². The maximum absolute atomic E-state index is 11.4. The number of carbonyl (C=O) groups excluding carboxylic acids is 1. The van der Waals surface area contributed by atoms with E-state index < -0.39 is 17.1 Å². The smallest absolute Gasteiger partial charge is 0.360 e. The average molecular weight is 247 g/mol. The van der Waals surface area contributed by atoms with Crippen molar-refractivity contribution < 1.29 is 19.2 Å². The summed E-state index contributed by atoms with van der Waals surface area (Å²) < 4.78 is 9.37. The Bertz CT molecular complexity index is 647. The summed E-state index contributed by atoms with van der Waals surface area (Å²) in [6, 6.07) is 7.05. The predicted octanol–water partition coefficient (Wildman–Crippen LogP) is 1.19. The molecule has 0 amide bonds. The molecule has 0 aliphatic heterocycles. The molecule has 0 saturated heterocycles. The quantitative estimate of drug-likeness (QED) is 0.802. The molecule has 0 fully saturated rings. The van der Waals surface area contributed by atoms with E-state index in [-0.39, 0.29) is 17.0 Å². The number of hydrogen-bond acceptors (Lipinski definition) is 6. The van der Waals surface area contributed by atoms with Crippen molar-refractivity contribution in [1.29, 1.82) is 0 Å². The third kappa shape index (κ3) is 2.08. The second-order valence-corrected chi connectivity index (χ2v) is 3.41. The Balaban J connectivity index is 2.54. The highest BCUT2D eigenvalue weighted by Gasteiger charge is 2.16. The van der Waals surface area contributed by atoms with Crippen LogP contribution in [0.25, 0.3) is 11.3 Å². The summed E-state index contributed by atoms with van der Waals surface area (Å²) >= 11 is 0. The Kier molecular flexibility index (Phi) is 3.09. The minimum atomic E-state index is -0.660. The lowest BCUT2D eigenvalue weighted by Gasteiger charge is -1.93. The highest BCUT2D eigenvalue weighted by Crippen LogP contribution is 2.25. The maximum atomic E-state index is 11.4. The van der Waals surface area contributed by atoms with Crippen molar-refractivity contribution in [3.8, 4) is 17.1 Å². The molecule has 0 spiro atoms. The van der Waals surface area contributed by atoms with Gasteiger partial charge < -0.3 is 14.4 Å². The summed E-state index contributed by atoms with van der Waals surface area (Å²) in [4.78, 5) is 22.6. The number of nitrogens with zero attached hydrogens (tertiary/aromatic N) is 1. The SMILES string of the molecule is COC(=O)c1cc(-c2ccccc(=O)c2O)on1. The van der Waals surface area contributed by atoms with Gasteiger partial charge in [0.15, 0.2) is 17.2 Å². The van der Waals surface area contributed by atoms with Crippen molar-refractivity contribution in [2.75, 3.05) is 7.11 Å². The van der Waals surface area contributed by atoms with Gasteiger partial charge in [0.2, 0.25) is 5.43 Å². The van der Waals surface area contributed by atoms with Crippen LogP contribution in [-0.2, 0) is 4.74 Å². The Hall–Kier alpha value is -2.63. The summed E-state index contributed by atoms with van der Waals surface area (Å²) in [5.41, 5.74) is -0.426. The van der Waals surface area contributed by atoms with E-state index in [9.17, 15) is 14.7 Å². The summed E-state index contributed by atoms with van der Waals surface area (Å²) in [5, 5.41) is 13.2. The molecule has 0 aliphatic carbocycles. The van der Waals surface area contributed by atoms with Gasteiger partial charge in [-0.15, -0.1) is 0 Å². The lowest BCUT2D eigenvalue weighted by molar-refractivity contribution is 0.0589. The van der Waals surface area contributed by atoms with Crippen LogP contribution >= 0.6 is 0 Å². The van der Waals surface area contributed by atoms with Gasteiger partial charge in [0.25, 0.3) is 0 Å². The van der Waals surface area contributed by atoms with E-state index >= 15 is 0 Å². The van der Waals surface area contributed by atoms with Gasteiger partial charge in [-0.1, -0.05) is 17.3 Å². The van der Waals surface area contributed by atoms with Crippen molar-refractivity contribution in [2.45, 2.75) is 0 Å². The van der Waals surface area contributed by atoms with Gasteiger partial charge in [0.05, 0.1) is 12.7 Å². The fraction of sp³-hybridized carbons (Fsp3) is 0.0833. The fourth-order valence-electron chi connectivity index (χ4n) is 1.39. The van der Waals surface area contributed by atoms with Crippen LogP contribution < -0.4 is 5.43 Å². The van der Waals surface area contributed by atoms with Gasteiger partial charge in [-0.3, -0.25) is 4.79 Å². The number of aromatic nitrogens is 1. The van der Waals surface area contributed by atoms with Crippen LogP contribution in [0.1, 0.15) is 10.5 Å². The zero-order valence-electron chi connectivity index (χ0n) is 9.41. The minimum absolute atomic E-state index is 0.0362. The van der Waals surface area contributed by atoms with Gasteiger partial charge in [0, 0.05) is 6.07 Å². The van der Waals surface area contributed by atoms with Crippen LogP contribution in [-0.4, -0.2) is 23.3 Å². The molecule has 0 unspecified atom stereocenters. The monoisotopic (exact) mass is 247 g/mol. The molecule has 2 aromatic rings. The predicted molar refractivity (Wildman–Crippen MR) is 61.2 cm³/mol. The number of carbonyl (C=O) groups is 1. The van der Waals surface area contributed by atoms with Gasteiger partial charge >= 0.3 is 5.97 Å². The van der Waals surface area contributed by atoms with Gasteiger partial charge in [-0.25, -0.2) is 4.79 Å². The average Bonchev–Trinajstić information content (AvgIpc) is 2.80. The van der Waals surface area contributed by atoms with Crippen molar-refractivity contribution >= 4 is 5.97 Å². The number of ether oxygens (including phenoxy) is 1. The number of hydrogen-bond donors (Lipinski definition) is 1. The number of methoxy groups -OCH3 is 1. The number of rotatable bonds is 2. The van der Waals surface area contributed by atoms with E-state index in [1.54, 1.807) is 6.07 Å². The molecular formula is C12H9NO5. The first-order valence-corrected chi connectivity index (χ1v) is 5.01. The van der Waals surface area contributed by atoms with E-state index in [1.165, 1.54) is 31.4 Å². The molecule has 2 rings (SSSR count). The highest BCUT2D eigenvalue weighted by atomic mass is 16.5. The van der Waals surface area contributed by atoms with E-state index in [2.05, 4.69) is 9.89 Å².